The number of carbonyl (C=O) groups is 2. The number of sulfonamides is 1. The molecule has 0 saturated carbocycles. The van der Waals surface area contributed by atoms with E-state index in [9.17, 15) is 31.2 Å². The van der Waals surface area contributed by atoms with Crippen molar-refractivity contribution in [1.29, 1.82) is 0 Å². The van der Waals surface area contributed by atoms with Crippen LogP contribution in [0.25, 0.3) is 0 Å². The van der Waals surface area contributed by atoms with E-state index in [0.29, 0.717) is 11.6 Å². The minimum Gasteiger partial charge on any atom is -0.495 e. The highest BCUT2D eigenvalue weighted by Crippen LogP contribution is 2.38. The molecule has 1 fully saturated rings. The summed E-state index contributed by atoms with van der Waals surface area (Å²) in [6, 6.07) is 5.32. The lowest BCUT2D eigenvalue weighted by Gasteiger charge is -2.29. The van der Waals surface area contributed by atoms with Crippen LogP contribution < -0.4 is 19.7 Å². The number of halogens is 3. The second kappa shape index (κ2) is 9.97. The van der Waals surface area contributed by atoms with Crippen LogP contribution in [0.3, 0.4) is 0 Å². The molecule has 0 atom stereocenters. The summed E-state index contributed by atoms with van der Waals surface area (Å²) in [5, 5.41) is 2.60. The molecule has 1 saturated heterocycles. The van der Waals surface area contributed by atoms with Crippen molar-refractivity contribution in [2.75, 3.05) is 29.5 Å². The number of methoxy groups -OCH3 is 1. The van der Waals surface area contributed by atoms with Crippen molar-refractivity contribution in [3.05, 3.63) is 52.6 Å². The molecular formula is C25H26F3N3O5S. The zero-order valence-electron chi connectivity index (χ0n) is 20.8. The average molecular weight is 538 g/mol. The van der Waals surface area contributed by atoms with Gasteiger partial charge in [-0.2, -0.15) is 13.2 Å². The van der Waals surface area contributed by atoms with Crippen molar-refractivity contribution < 1.29 is 35.9 Å². The molecule has 1 heterocycles. The van der Waals surface area contributed by atoms with Crippen LogP contribution in [0.1, 0.15) is 49.4 Å². The molecule has 37 heavy (non-hydrogen) atoms. The summed E-state index contributed by atoms with van der Waals surface area (Å²) >= 11 is 0. The normalized spacial score (nSPS) is 14.5. The van der Waals surface area contributed by atoms with Crippen LogP contribution in [0, 0.1) is 11.8 Å². The summed E-state index contributed by atoms with van der Waals surface area (Å²) in [6.45, 7) is 5.82. The molecule has 3 amide bonds. The quantitative estimate of drug-likeness (QED) is 0.568. The van der Waals surface area contributed by atoms with Crippen LogP contribution >= 0.6 is 0 Å². The van der Waals surface area contributed by atoms with Crippen LogP contribution in [0.5, 0.6) is 5.75 Å². The average Bonchev–Trinajstić information content (AvgIpc) is 2.75. The van der Waals surface area contributed by atoms with Gasteiger partial charge in [0.1, 0.15) is 5.75 Å². The number of nitrogens with one attached hydrogen (secondary N) is 2. The Morgan fingerprint density at radius 2 is 1.68 bits per heavy atom. The van der Waals surface area contributed by atoms with Gasteiger partial charge in [-0.25, -0.2) is 18.1 Å². The molecule has 12 heteroatoms. The fourth-order valence-corrected chi connectivity index (χ4v) is 4.31. The van der Waals surface area contributed by atoms with Crippen molar-refractivity contribution in [2.45, 2.75) is 38.8 Å². The number of imide groups is 1. The minimum absolute atomic E-state index is 0.0897. The summed E-state index contributed by atoms with van der Waals surface area (Å²) in [5.41, 5.74) is -1.36. The number of carbonyl (C=O) groups excluding carboxylic acids is 2. The highest BCUT2D eigenvalue weighted by molar-refractivity contribution is 7.92. The van der Waals surface area contributed by atoms with E-state index in [1.807, 2.05) is 25.5 Å². The van der Waals surface area contributed by atoms with Gasteiger partial charge in [-0.05, 0) is 35.7 Å². The standard InChI is InChI=1S/C25H26F3N3O5S/c1-24(2,3)20-14-18(31-21(32)10-11-29-23(31)33)12-16(22(20)36-4)7-6-15-8-9-17(30-37(5,34)35)13-19(15)25(26,27)28/h8-9,12-14,30H,10-11H2,1-5H3,(H,29,33). The van der Waals surface area contributed by atoms with Gasteiger partial charge in [-0.3, -0.25) is 9.52 Å². The topological polar surface area (TPSA) is 105 Å². The van der Waals surface area contributed by atoms with Crippen LogP contribution in [0.4, 0.5) is 29.3 Å². The smallest absolute Gasteiger partial charge is 0.417 e. The first-order valence-electron chi connectivity index (χ1n) is 11.1. The summed E-state index contributed by atoms with van der Waals surface area (Å²) in [7, 11) is -2.40. The zero-order valence-corrected chi connectivity index (χ0v) is 21.6. The maximum Gasteiger partial charge on any atom is 0.417 e. The van der Waals surface area contributed by atoms with E-state index in [1.54, 1.807) is 6.07 Å². The minimum atomic E-state index is -4.82. The van der Waals surface area contributed by atoms with Gasteiger partial charge >= 0.3 is 12.2 Å². The molecule has 1 aliphatic rings. The molecule has 198 valence electrons. The van der Waals surface area contributed by atoms with E-state index >= 15 is 0 Å². The lowest BCUT2D eigenvalue weighted by molar-refractivity contribution is -0.137. The van der Waals surface area contributed by atoms with Crippen molar-refractivity contribution in [3.63, 3.8) is 0 Å². The van der Waals surface area contributed by atoms with Gasteiger partial charge in [0, 0.05) is 29.8 Å². The van der Waals surface area contributed by atoms with Crippen molar-refractivity contribution in [2.24, 2.45) is 0 Å². The number of nitrogens with zero attached hydrogens (tertiary/aromatic N) is 1. The second-order valence-electron chi connectivity index (χ2n) is 9.42. The van der Waals surface area contributed by atoms with Crippen LogP contribution in [-0.4, -0.2) is 40.3 Å². The van der Waals surface area contributed by atoms with Crippen molar-refractivity contribution >= 4 is 33.3 Å². The Kier molecular flexibility index (Phi) is 7.51. The predicted molar refractivity (Wildman–Crippen MR) is 133 cm³/mol. The number of rotatable bonds is 4. The summed E-state index contributed by atoms with van der Waals surface area (Å²) in [4.78, 5) is 25.9. The maximum atomic E-state index is 13.8. The molecule has 0 aliphatic carbocycles. The Bertz CT molecular complexity index is 1400. The van der Waals surface area contributed by atoms with Gasteiger partial charge < -0.3 is 10.1 Å². The number of amides is 3. The maximum absolute atomic E-state index is 13.8. The van der Waals surface area contributed by atoms with E-state index < -0.39 is 44.7 Å². The number of hydrogen-bond donors (Lipinski definition) is 2. The number of ether oxygens (including phenoxy) is 1. The first kappa shape index (κ1) is 27.9. The van der Waals surface area contributed by atoms with E-state index in [4.69, 9.17) is 4.74 Å². The molecule has 2 aromatic rings. The van der Waals surface area contributed by atoms with Gasteiger partial charge in [0.25, 0.3) is 0 Å². The van der Waals surface area contributed by atoms with Gasteiger partial charge in [0.2, 0.25) is 15.9 Å². The Morgan fingerprint density at radius 3 is 2.22 bits per heavy atom. The van der Waals surface area contributed by atoms with Gasteiger partial charge in [-0.15, -0.1) is 0 Å². The molecular weight excluding hydrogens is 511 g/mol. The number of urea groups is 1. The molecule has 0 radical (unpaired) electrons. The Labute approximate surface area is 213 Å². The van der Waals surface area contributed by atoms with Crippen molar-refractivity contribution in [3.8, 4) is 17.6 Å². The third-order valence-corrected chi connectivity index (χ3v) is 5.98. The first-order valence-corrected chi connectivity index (χ1v) is 12.9. The lowest BCUT2D eigenvalue weighted by atomic mass is 9.84. The van der Waals surface area contributed by atoms with E-state index in [2.05, 4.69) is 17.2 Å². The third kappa shape index (κ3) is 6.54. The number of anilines is 2. The molecule has 3 rings (SSSR count). The number of alkyl halides is 3. The monoisotopic (exact) mass is 537 g/mol. The number of benzene rings is 2. The Hall–Kier alpha value is -3.72. The van der Waals surface area contributed by atoms with E-state index in [0.717, 1.165) is 17.2 Å². The highest BCUT2D eigenvalue weighted by atomic mass is 32.2. The third-order valence-electron chi connectivity index (χ3n) is 5.37. The summed E-state index contributed by atoms with van der Waals surface area (Å²) in [5.74, 6) is 5.06. The molecule has 0 aromatic heterocycles. The van der Waals surface area contributed by atoms with Crippen molar-refractivity contribution in [1.82, 2.24) is 5.32 Å². The first-order chi connectivity index (χ1) is 17.0. The highest BCUT2D eigenvalue weighted by Gasteiger charge is 2.34. The zero-order chi connectivity index (χ0) is 27.8. The fraction of sp³-hybridized carbons (Fsp3) is 0.360. The summed E-state index contributed by atoms with van der Waals surface area (Å²) < 4.78 is 71.9. The Morgan fingerprint density at radius 1 is 1.03 bits per heavy atom. The van der Waals surface area contributed by atoms with E-state index in [-0.39, 0.29) is 35.7 Å². The molecule has 8 nitrogen and oxygen atoms in total. The van der Waals surface area contributed by atoms with Gasteiger partial charge in [0.15, 0.2) is 0 Å². The lowest BCUT2D eigenvalue weighted by Crippen LogP contribution is -2.50. The van der Waals surface area contributed by atoms with Gasteiger partial charge in [-0.1, -0.05) is 32.6 Å². The van der Waals surface area contributed by atoms with E-state index in [1.165, 1.54) is 19.2 Å². The molecule has 2 N–H and O–H groups in total. The number of hydrogen-bond acceptors (Lipinski definition) is 5. The predicted octanol–water partition coefficient (Wildman–Crippen LogP) is 4.23. The van der Waals surface area contributed by atoms with Crippen LogP contribution in [0.15, 0.2) is 30.3 Å². The molecule has 1 aliphatic heterocycles. The molecule has 2 aromatic carbocycles. The SMILES string of the molecule is COc1c(C#Cc2ccc(NS(C)(=O)=O)cc2C(F)(F)F)cc(N2C(=O)CCNC2=O)cc1C(C)(C)C. The van der Waals surface area contributed by atoms with Crippen LogP contribution in [-0.2, 0) is 26.4 Å². The second-order valence-corrected chi connectivity index (χ2v) is 11.2. The largest absolute Gasteiger partial charge is 0.495 e. The Balaban J connectivity index is 2.22. The van der Waals surface area contributed by atoms with Crippen LogP contribution in [0.2, 0.25) is 0 Å². The van der Waals surface area contributed by atoms with Gasteiger partial charge in [0.05, 0.1) is 30.2 Å². The molecule has 0 bridgehead atoms. The summed E-state index contributed by atoms with van der Waals surface area (Å²) in [6.07, 6.45) is -3.90. The fourth-order valence-electron chi connectivity index (χ4n) is 3.75. The molecule has 0 unspecified atom stereocenters. The molecule has 0 spiro atoms.